The quantitative estimate of drug-likeness (QED) is 0.804. The summed E-state index contributed by atoms with van der Waals surface area (Å²) in [5, 5.41) is 0. The van der Waals surface area contributed by atoms with Crippen LogP contribution in [0.2, 0.25) is 0 Å². The van der Waals surface area contributed by atoms with E-state index in [-0.39, 0.29) is 5.78 Å². The lowest BCUT2D eigenvalue weighted by atomic mass is 9.98. The number of ether oxygens (including phenoxy) is 2. The van der Waals surface area contributed by atoms with E-state index < -0.39 is 0 Å². The Hall–Kier alpha value is -1.81. The highest BCUT2D eigenvalue weighted by Crippen LogP contribution is 2.33. The number of benzene rings is 1. The number of ketones is 1. The second kappa shape index (κ2) is 5.90. The summed E-state index contributed by atoms with van der Waals surface area (Å²) in [6.45, 7) is 0. The number of thiophene rings is 1. The van der Waals surface area contributed by atoms with Crippen LogP contribution in [0.4, 0.5) is 0 Å². The average molecular weight is 302 g/mol. The molecular weight excluding hydrogens is 284 g/mol. The molecule has 1 aliphatic rings. The molecule has 0 spiro atoms. The SMILES string of the molecule is COc1ccc(C(=O)c2cc3c(s2)CCCC3)cc1OC. The first-order valence-corrected chi connectivity index (χ1v) is 7.93. The van der Waals surface area contributed by atoms with E-state index >= 15 is 0 Å². The molecule has 110 valence electrons. The molecule has 4 heteroatoms. The van der Waals surface area contributed by atoms with Crippen LogP contribution in [0, 0.1) is 0 Å². The van der Waals surface area contributed by atoms with Crippen LogP contribution < -0.4 is 9.47 Å². The summed E-state index contributed by atoms with van der Waals surface area (Å²) in [6.07, 6.45) is 4.68. The lowest BCUT2D eigenvalue weighted by molar-refractivity contribution is 0.104. The average Bonchev–Trinajstić information content (AvgIpc) is 2.97. The maximum atomic E-state index is 12.6. The third-order valence-corrected chi connectivity index (χ3v) is 5.10. The number of hydrogen-bond donors (Lipinski definition) is 0. The van der Waals surface area contributed by atoms with Gasteiger partial charge in [-0.3, -0.25) is 4.79 Å². The third kappa shape index (κ3) is 2.68. The number of rotatable bonds is 4. The van der Waals surface area contributed by atoms with Crippen molar-refractivity contribution in [1.29, 1.82) is 0 Å². The molecule has 0 radical (unpaired) electrons. The minimum atomic E-state index is 0.0651. The maximum absolute atomic E-state index is 12.6. The van der Waals surface area contributed by atoms with Crippen LogP contribution in [0.1, 0.15) is 38.5 Å². The lowest BCUT2D eigenvalue weighted by Gasteiger charge is -2.08. The van der Waals surface area contributed by atoms with Gasteiger partial charge in [0.25, 0.3) is 0 Å². The molecule has 0 amide bonds. The van der Waals surface area contributed by atoms with E-state index in [2.05, 4.69) is 6.07 Å². The molecule has 3 nitrogen and oxygen atoms in total. The Bertz CT molecular complexity index is 649. The van der Waals surface area contributed by atoms with Gasteiger partial charge in [0.05, 0.1) is 19.1 Å². The van der Waals surface area contributed by atoms with Crippen LogP contribution in [0.15, 0.2) is 24.3 Å². The van der Waals surface area contributed by atoms with Gasteiger partial charge in [-0.05, 0) is 55.5 Å². The summed E-state index contributed by atoms with van der Waals surface area (Å²) in [5.41, 5.74) is 2.00. The van der Waals surface area contributed by atoms with Crippen molar-refractivity contribution >= 4 is 17.1 Å². The van der Waals surface area contributed by atoms with Gasteiger partial charge in [0.1, 0.15) is 0 Å². The van der Waals surface area contributed by atoms with Crippen molar-refractivity contribution in [2.45, 2.75) is 25.7 Å². The molecule has 2 aromatic rings. The number of fused-ring (bicyclic) bond motifs is 1. The molecule has 21 heavy (non-hydrogen) atoms. The van der Waals surface area contributed by atoms with Gasteiger partial charge in [-0.2, -0.15) is 0 Å². The van der Waals surface area contributed by atoms with Crippen molar-refractivity contribution < 1.29 is 14.3 Å². The summed E-state index contributed by atoms with van der Waals surface area (Å²) in [6, 6.07) is 7.39. The van der Waals surface area contributed by atoms with Gasteiger partial charge < -0.3 is 9.47 Å². The van der Waals surface area contributed by atoms with Gasteiger partial charge in [-0.15, -0.1) is 11.3 Å². The standard InChI is InChI=1S/C17H18O3S/c1-19-13-8-7-12(9-14(13)20-2)17(18)16-10-11-5-3-4-6-15(11)21-16/h7-10H,3-6H2,1-2H3. The normalized spacial score (nSPS) is 13.6. The van der Waals surface area contributed by atoms with Crippen molar-refractivity contribution in [3.8, 4) is 11.5 Å². The molecule has 1 aromatic carbocycles. The highest BCUT2D eigenvalue weighted by molar-refractivity contribution is 7.14. The van der Waals surface area contributed by atoms with Gasteiger partial charge in [-0.1, -0.05) is 0 Å². The predicted octanol–water partition coefficient (Wildman–Crippen LogP) is 3.88. The molecule has 0 unspecified atom stereocenters. The number of carbonyl (C=O) groups excluding carboxylic acids is 1. The fraction of sp³-hybridized carbons (Fsp3) is 0.353. The number of aryl methyl sites for hydroxylation is 2. The summed E-state index contributed by atoms with van der Waals surface area (Å²) >= 11 is 1.64. The monoisotopic (exact) mass is 302 g/mol. The van der Waals surface area contributed by atoms with Crippen molar-refractivity contribution in [2.24, 2.45) is 0 Å². The molecule has 0 atom stereocenters. The Morgan fingerprint density at radius 3 is 2.52 bits per heavy atom. The largest absolute Gasteiger partial charge is 0.493 e. The van der Waals surface area contributed by atoms with Crippen LogP contribution >= 0.6 is 11.3 Å². The topological polar surface area (TPSA) is 35.5 Å². The molecular formula is C17H18O3S. The minimum absolute atomic E-state index is 0.0651. The first-order chi connectivity index (χ1) is 10.2. The van der Waals surface area contributed by atoms with Crippen LogP contribution in [-0.4, -0.2) is 20.0 Å². The van der Waals surface area contributed by atoms with E-state index in [1.54, 1.807) is 43.8 Å². The van der Waals surface area contributed by atoms with Crippen LogP contribution in [0.5, 0.6) is 11.5 Å². The highest BCUT2D eigenvalue weighted by atomic mass is 32.1. The van der Waals surface area contributed by atoms with E-state index in [0.717, 1.165) is 17.7 Å². The Labute approximate surface area is 128 Å². The zero-order chi connectivity index (χ0) is 14.8. The van der Waals surface area contributed by atoms with Gasteiger partial charge in [0.15, 0.2) is 11.5 Å². The van der Waals surface area contributed by atoms with Gasteiger partial charge in [0.2, 0.25) is 5.78 Å². The number of methoxy groups -OCH3 is 2. The summed E-state index contributed by atoms with van der Waals surface area (Å²) in [4.78, 5) is 14.9. The van der Waals surface area contributed by atoms with Crippen molar-refractivity contribution in [1.82, 2.24) is 0 Å². The third-order valence-electron chi connectivity index (χ3n) is 3.87. The van der Waals surface area contributed by atoms with Crippen molar-refractivity contribution in [3.05, 3.63) is 45.1 Å². The molecule has 1 aromatic heterocycles. The number of hydrogen-bond acceptors (Lipinski definition) is 4. The van der Waals surface area contributed by atoms with E-state index in [4.69, 9.17) is 9.47 Å². The molecule has 1 aliphatic carbocycles. The number of carbonyl (C=O) groups is 1. The molecule has 0 fully saturated rings. The fourth-order valence-corrected chi connectivity index (χ4v) is 3.94. The minimum Gasteiger partial charge on any atom is -0.493 e. The summed E-state index contributed by atoms with van der Waals surface area (Å²) < 4.78 is 10.5. The zero-order valence-electron chi connectivity index (χ0n) is 12.3. The van der Waals surface area contributed by atoms with E-state index in [0.29, 0.717) is 17.1 Å². The molecule has 0 N–H and O–H groups in total. The fourth-order valence-electron chi connectivity index (χ4n) is 2.72. The van der Waals surface area contributed by atoms with E-state index in [9.17, 15) is 4.79 Å². The predicted molar refractivity (Wildman–Crippen MR) is 83.9 cm³/mol. The smallest absolute Gasteiger partial charge is 0.203 e. The Kier molecular flexibility index (Phi) is 3.97. The Balaban J connectivity index is 1.93. The lowest BCUT2D eigenvalue weighted by Crippen LogP contribution is -2.00. The first-order valence-electron chi connectivity index (χ1n) is 7.11. The van der Waals surface area contributed by atoms with Crippen molar-refractivity contribution in [3.63, 3.8) is 0 Å². The van der Waals surface area contributed by atoms with Gasteiger partial charge in [0, 0.05) is 10.4 Å². The second-order valence-electron chi connectivity index (χ2n) is 5.17. The summed E-state index contributed by atoms with van der Waals surface area (Å²) in [7, 11) is 3.17. The second-order valence-corrected chi connectivity index (χ2v) is 6.30. The maximum Gasteiger partial charge on any atom is 0.203 e. The molecule has 0 saturated carbocycles. The summed E-state index contributed by atoms with van der Waals surface area (Å²) in [5.74, 6) is 1.29. The zero-order valence-corrected chi connectivity index (χ0v) is 13.1. The van der Waals surface area contributed by atoms with Crippen LogP contribution in [0.3, 0.4) is 0 Å². The van der Waals surface area contributed by atoms with Gasteiger partial charge in [-0.25, -0.2) is 0 Å². The Morgan fingerprint density at radius 2 is 1.81 bits per heavy atom. The molecule has 0 aliphatic heterocycles. The van der Waals surface area contributed by atoms with E-state index in [1.165, 1.54) is 23.3 Å². The first kappa shape index (κ1) is 14.1. The molecule has 3 rings (SSSR count). The molecule has 1 heterocycles. The van der Waals surface area contributed by atoms with Gasteiger partial charge >= 0.3 is 0 Å². The van der Waals surface area contributed by atoms with Crippen LogP contribution in [-0.2, 0) is 12.8 Å². The van der Waals surface area contributed by atoms with Crippen LogP contribution in [0.25, 0.3) is 0 Å². The Morgan fingerprint density at radius 1 is 1.05 bits per heavy atom. The molecule has 0 saturated heterocycles. The van der Waals surface area contributed by atoms with E-state index in [1.807, 2.05) is 0 Å². The van der Waals surface area contributed by atoms with Crippen molar-refractivity contribution in [2.75, 3.05) is 14.2 Å². The molecule has 0 bridgehead atoms. The highest BCUT2D eigenvalue weighted by Gasteiger charge is 2.19.